The topological polar surface area (TPSA) is 34.0 Å². The minimum absolute atomic E-state index is 0.0186. The molecule has 0 radical (unpaired) electrons. The maximum absolute atomic E-state index is 11.2. The Hall–Kier alpha value is -2.03. The molecule has 3 heteroatoms. The van der Waals surface area contributed by atoms with E-state index >= 15 is 0 Å². The van der Waals surface area contributed by atoms with Gasteiger partial charge >= 0.3 is 0 Å². The van der Waals surface area contributed by atoms with Gasteiger partial charge in [0.1, 0.15) is 0 Å². The van der Waals surface area contributed by atoms with Crippen molar-refractivity contribution in [2.75, 3.05) is 6.54 Å². The van der Waals surface area contributed by atoms with Crippen molar-refractivity contribution in [3.05, 3.63) is 48.7 Å². The van der Waals surface area contributed by atoms with Crippen molar-refractivity contribution in [3.63, 3.8) is 0 Å². The fourth-order valence-corrected chi connectivity index (χ4v) is 2.01. The summed E-state index contributed by atoms with van der Waals surface area (Å²) in [6.45, 7) is 3.46. The fourth-order valence-electron chi connectivity index (χ4n) is 2.01. The number of nitrogens with one attached hydrogen (secondary N) is 1. The van der Waals surface area contributed by atoms with Crippen LogP contribution < -0.4 is 5.32 Å². The number of aryl methyl sites for hydroxylation is 1. The third-order valence-corrected chi connectivity index (χ3v) is 2.87. The van der Waals surface area contributed by atoms with E-state index in [0.29, 0.717) is 6.54 Å². The van der Waals surface area contributed by atoms with Crippen LogP contribution in [0.5, 0.6) is 0 Å². The van der Waals surface area contributed by atoms with E-state index in [1.807, 2.05) is 19.1 Å². The molecule has 3 nitrogen and oxygen atoms in total. The molecule has 0 saturated heterocycles. The molecule has 1 aromatic heterocycles. The zero-order chi connectivity index (χ0) is 12.8. The van der Waals surface area contributed by atoms with Crippen LogP contribution in [0.3, 0.4) is 0 Å². The van der Waals surface area contributed by atoms with Gasteiger partial charge in [-0.05, 0) is 36.9 Å². The Labute approximate surface area is 107 Å². The zero-order valence-electron chi connectivity index (χ0n) is 10.6. The summed E-state index contributed by atoms with van der Waals surface area (Å²) >= 11 is 0. The zero-order valence-corrected chi connectivity index (χ0v) is 10.6. The summed E-state index contributed by atoms with van der Waals surface area (Å²) in [6, 6.07) is 10.4. The Balaban J connectivity index is 1.85. The SMILES string of the molecule is CC=CC(=O)NCCCn1ccc2ccccc21. The Morgan fingerprint density at radius 2 is 2.17 bits per heavy atom. The molecular formula is C15H18N2O. The molecule has 1 N–H and O–H groups in total. The standard InChI is InChI=1S/C15H18N2O/c1-2-6-15(18)16-10-5-11-17-12-9-13-7-3-4-8-14(13)17/h2-4,6-9,12H,5,10-11H2,1H3,(H,16,18). The molecule has 0 spiro atoms. The van der Waals surface area contributed by atoms with Gasteiger partial charge in [0.2, 0.25) is 5.91 Å². The first-order valence-electron chi connectivity index (χ1n) is 6.25. The predicted molar refractivity (Wildman–Crippen MR) is 74.4 cm³/mol. The van der Waals surface area contributed by atoms with Gasteiger partial charge < -0.3 is 9.88 Å². The van der Waals surface area contributed by atoms with Gasteiger partial charge in [0.25, 0.3) is 0 Å². The Morgan fingerprint density at radius 3 is 3.00 bits per heavy atom. The first kappa shape index (κ1) is 12.4. The van der Waals surface area contributed by atoms with E-state index in [1.54, 1.807) is 12.2 Å². The van der Waals surface area contributed by atoms with Gasteiger partial charge in [-0.25, -0.2) is 0 Å². The molecular weight excluding hydrogens is 224 g/mol. The number of amides is 1. The average Bonchev–Trinajstić information content (AvgIpc) is 2.78. The number of nitrogens with zero attached hydrogens (tertiary/aromatic N) is 1. The van der Waals surface area contributed by atoms with Crippen LogP contribution in [0.15, 0.2) is 48.7 Å². The molecule has 94 valence electrons. The normalized spacial score (nSPS) is 11.2. The minimum atomic E-state index is -0.0186. The molecule has 0 aliphatic heterocycles. The van der Waals surface area contributed by atoms with Gasteiger partial charge in [-0.3, -0.25) is 4.79 Å². The molecule has 1 heterocycles. The lowest BCUT2D eigenvalue weighted by molar-refractivity contribution is -0.116. The van der Waals surface area contributed by atoms with E-state index in [2.05, 4.69) is 34.3 Å². The Morgan fingerprint density at radius 1 is 1.33 bits per heavy atom. The lowest BCUT2D eigenvalue weighted by Crippen LogP contribution is -2.22. The van der Waals surface area contributed by atoms with Crippen molar-refractivity contribution in [1.29, 1.82) is 0 Å². The van der Waals surface area contributed by atoms with Gasteiger partial charge in [-0.15, -0.1) is 0 Å². The number of hydrogen-bond acceptors (Lipinski definition) is 1. The number of hydrogen-bond donors (Lipinski definition) is 1. The van der Waals surface area contributed by atoms with Gasteiger partial charge in [0, 0.05) is 24.8 Å². The molecule has 0 fully saturated rings. The maximum Gasteiger partial charge on any atom is 0.243 e. The number of fused-ring (bicyclic) bond motifs is 1. The lowest BCUT2D eigenvalue weighted by atomic mass is 10.2. The van der Waals surface area contributed by atoms with Crippen LogP contribution >= 0.6 is 0 Å². The van der Waals surface area contributed by atoms with Crippen LogP contribution in [-0.4, -0.2) is 17.0 Å². The maximum atomic E-state index is 11.2. The van der Waals surface area contributed by atoms with Crippen molar-refractivity contribution in [2.24, 2.45) is 0 Å². The van der Waals surface area contributed by atoms with Crippen LogP contribution in [0.4, 0.5) is 0 Å². The smallest absolute Gasteiger partial charge is 0.243 e. The van der Waals surface area contributed by atoms with Crippen molar-refractivity contribution in [3.8, 4) is 0 Å². The van der Waals surface area contributed by atoms with E-state index in [1.165, 1.54) is 10.9 Å². The summed E-state index contributed by atoms with van der Waals surface area (Å²) in [5.41, 5.74) is 1.25. The highest BCUT2D eigenvalue weighted by molar-refractivity contribution is 5.87. The summed E-state index contributed by atoms with van der Waals surface area (Å²) in [4.78, 5) is 11.2. The van der Waals surface area contributed by atoms with E-state index in [0.717, 1.165) is 13.0 Å². The van der Waals surface area contributed by atoms with Crippen molar-refractivity contribution in [1.82, 2.24) is 9.88 Å². The number of carbonyl (C=O) groups is 1. The van der Waals surface area contributed by atoms with E-state index < -0.39 is 0 Å². The second-order valence-electron chi connectivity index (χ2n) is 4.21. The van der Waals surface area contributed by atoms with Crippen molar-refractivity contribution in [2.45, 2.75) is 19.9 Å². The lowest BCUT2D eigenvalue weighted by Gasteiger charge is -2.06. The number of carbonyl (C=O) groups excluding carboxylic acids is 1. The molecule has 1 amide bonds. The predicted octanol–water partition coefficient (Wildman–Crippen LogP) is 2.72. The van der Waals surface area contributed by atoms with Crippen molar-refractivity contribution < 1.29 is 4.79 Å². The Kier molecular flexibility index (Phi) is 4.18. The monoisotopic (exact) mass is 242 g/mol. The van der Waals surface area contributed by atoms with E-state index in [-0.39, 0.29) is 5.91 Å². The quantitative estimate of drug-likeness (QED) is 0.635. The number of para-hydroxylation sites is 1. The molecule has 2 rings (SSSR count). The first-order valence-corrected chi connectivity index (χ1v) is 6.25. The third kappa shape index (κ3) is 3.00. The molecule has 18 heavy (non-hydrogen) atoms. The highest BCUT2D eigenvalue weighted by atomic mass is 16.1. The number of benzene rings is 1. The van der Waals surface area contributed by atoms with Crippen LogP contribution in [0, 0.1) is 0 Å². The molecule has 2 aromatic rings. The highest BCUT2D eigenvalue weighted by Gasteiger charge is 1.99. The summed E-state index contributed by atoms with van der Waals surface area (Å²) in [7, 11) is 0. The number of allylic oxidation sites excluding steroid dienone is 1. The number of rotatable bonds is 5. The van der Waals surface area contributed by atoms with Crippen molar-refractivity contribution >= 4 is 16.8 Å². The second-order valence-corrected chi connectivity index (χ2v) is 4.21. The summed E-state index contributed by atoms with van der Waals surface area (Å²) in [5, 5.41) is 4.11. The number of aromatic nitrogens is 1. The molecule has 0 aliphatic carbocycles. The molecule has 0 atom stereocenters. The molecule has 0 aliphatic rings. The summed E-state index contributed by atoms with van der Waals surface area (Å²) < 4.78 is 2.22. The summed E-state index contributed by atoms with van der Waals surface area (Å²) in [6.07, 6.45) is 6.32. The third-order valence-electron chi connectivity index (χ3n) is 2.87. The van der Waals surface area contributed by atoms with Crippen LogP contribution in [0.1, 0.15) is 13.3 Å². The summed E-state index contributed by atoms with van der Waals surface area (Å²) in [5.74, 6) is -0.0186. The largest absolute Gasteiger partial charge is 0.352 e. The van der Waals surface area contributed by atoms with Crippen LogP contribution in [0.25, 0.3) is 10.9 Å². The fraction of sp³-hybridized carbons (Fsp3) is 0.267. The first-order chi connectivity index (χ1) is 8.81. The highest BCUT2D eigenvalue weighted by Crippen LogP contribution is 2.14. The molecule has 0 unspecified atom stereocenters. The van der Waals surface area contributed by atoms with Crippen LogP contribution in [0.2, 0.25) is 0 Å². The molecule has 0 bridgehead atoms. The van der Waals surface area contributed by atoms with E-state index in [9.17, 15) is 4.79 Å². The van der Waals surface area contributed by atoms with Crippen LogP contribution in [-0.2, 0) is 11.3 Å². The van der Waals surface area contributed by atoms with Gasteiger partial charge in [-0.1, -0.05) is 24.3 Å². The Bertz CT molecular complexity index is 554. The second kappa shape index (κ2) is 6.05. The molecule has 0 saturated carbocycles. The average molecular weight is 242 g/mol. The van der Waals surface area contributed by atoms with Gasteiger partial charge in [-0.2, -0.15) is 0 Å². The van der Waals surface area contributed by atoms with E-state index in [4.69, 9.17) is 0 Å². The minimum Gasteiger partial charge on any atom is -0.352 e. The van der Waals surface area contributed by atoms with Gasteiger partial charge in [0.15, 0.2) is 0 Å². The van der Waals surface area contributed by atoms with Gasteiger partial charge in [0.05, 0.1) is 0 Å². The molecule has 1 aromatic carbocycles.